The molecule has 0 aliphatic carbocycles. The van der Waals surface area contributed by atoms with Crippen molar-refractivity contribution in [3.8, 4) is 6.07 Å². The summed E-state index contributed by atoms with van der Waals surface area (Å²) in [5.41, 5.74) is 1.56. The quantitative estimate of drug-likeness (QED) is 0.648. The first kappa shape index (κ1) is 9.09. The van der Waals surface area contributed by atoms with Gasteiger partial charge in [0.05, 0.1) is 10.6 Å². The van der Waals surface area contributed by atoms with Gasteiger partial charge in [-0.3, -0.25) is 0 Å². The molecule has 61 valence electrons. The molecule has 0 heterocycles. The van der Waals surface area contributed by atoms with Crippen molar-refractivity contribution in [2.75, 3.05) is 0 Å². The van der Waals surface area contributed by atoms with Crippen molar-refractivity contribution in [3.05, 3.63) is 41.3 Å². The average molecular weight is 179 g/mol. The molecule has 2 heteroatoms. The van der Waals surface area contributed by atoms with E-state index in [1.165, 1.54) is 0 Å². The Labute approximate surface area is 77.6 Å². The molecule has 0 saturated carbocycles. The van der Waals surface area contributed by atoms with Crippen LogP contribution in [0.2, 0.25) is 5.02 Å². The average Bonchev–Trinajstić information content (AvgIpc) is 2.05. The van der Waals surface area contributed by atoms with E-state index in [4.69, 9.17) is 16.9 Å². The van der Waals surface area contributed by atoms with Crippen molar-refractivity contribution >= 4 is 11.6 Å². The van der Waals surface area contributed by atoms with Crippen LogP contribution in [0.5, 0.6) is 0 Å². The number of rotatable bonds is 1. The van der Waals surface area contributed by atoms with Crippen LogP contribution in [0.3, 0.4) is 0 Å². The Hall–Kier alpha value is -1.00. The van der Waals surface area contributed by atoms with Gasteiger partial charge in [-0.05, 0) is 30.5 Å². The fourth-order valence-corrected chi connectivity index (χ4v) is 1.09. The monoisotopic (exact) mass is 178 g/mol. The van der Waals surface area contributed by atoms with Crippen LogP contribution in [-0.2, 0) is 0 Å². The number of nitrogens with zero attached hydrogens (tertiary/aromatic N) is 1. The fraction of sp³-hybridized carbons (Fsp3) is 0.200. The van der Waals surface area contributed by atoms with E-state index in [1.54, 1.807) is 12.1 Å². The Morgan fingerprint density at radius 1 is 1.58 bits per heavy atom. The van der Waals surface area contributed by atoms with E-state index in [0.717, 1.165) is 5.56 Å². The van der Waals surface area contributed by atoms with E-state index in [2.05, 4.69) is 6.92 Å². The van der Waals surface area contributed by atoms with E-state index in [0.29, 0.717) is 10.6 Å². The predicted molar refractivity (Wildman–Crippen MR) is 49.9 cm³/mol. The lowest BCUT2D eigenvalue weighted by Gasteiger charge is -2.05. The minimum Gasteiger partial charge on any atom is -0.192 e. The van der Waals surface area contributed by atoms with E-state index >= 15 is 0 Å². The molecular weight excluding hydrogens is 170 g/mol. The maximum Gasteiger partial charge on any atom is 0.101 e. The number of halogens is 1. The van der Waals surface area contributed by atoms with Crippen LogP contribution in [-0.4, -0.2) is 0 Å². The molecule has 1 nitrogen and oxygen atoms in total. The minimum absolute atomic E-state index is 0.189. The van der Waals surface area contributed by atoms with Crippen molar-refractivity contribution < 1.29 is 0 Å². The third kappa shape index (κ3) is 1.78. The maximum atomic E-state index is 8.67. The molecule has 1 rings (SSSR count). The molecule has 0 fully saturated rings. The van der Waals surface area contributed by atoms with Crippen molar-refractivity contribution in [1.29, 1.82) is 5.26 Å². The first-order valence-electron chi connectivity index (χ1n) is 3.67. The van der Waals surface area contributed by atoms with Gasteiger partial charge in [0.1, 0.15) is 6.07 Å². The van der Waals surface area contributed by atoms with E-state index in [9.17, 15) is 0 Å². The molecule has 0 N–H and O–H groups in total. The first-order chi connectivity index (χ1) is 5.65. The largest absolute Gasteiger partial charge is 0.192 e. The molecule has 1 aromatic carbocycles. The lowest BCUT2D eigenvalue weighted by atomic mass is 10.0. The van der Waals surface area contributed by atoms with Gasteiger partial charge in [-0.25, -0.2) is 0 Å². The molecule has 1 atom stereocenters. The third-order valence-corrected chi connectivity index (χ3v) is 2.01. The van der Waals surface area contributed by atoms with Crippen LogP contribution in [0.25, 0.3) is 0 Å². The van der Waals surface area contributed by atoms with E-state index < -0.39 is 0 Å². The van der Waals surface area contributed by atoms with Gasteiger partial charge in [-0.15, -0.1) is 0 Å². The highest BCUT2D eigenvalue weighted by Gasteiger charge is 2.03. The Kier molecular flexibility index (Phi) is 2.73. The Morgan fingerprint density at radius 2 is 2.25 bits per heavy atom. The molecule has 0 bridgehead atoms. The summed E-state index contributed by atoms with van der Waals surface area (Å²) in [7, 11) is 0. The summed E-state index contributed by atoms with van der Waals surface area (Å²) >= 11 is 5.76. The summed E-state index contributed by atoms with van der Waals surface area (Å²) in [4.78, 5) is 0. The van der Waals surface area contributed by atoms with Crippen molar-refractivity contribution in [2.24, 2.45) is 0 Å². The highest BCUT2D eigenvalue weighted by atomic mass is 35.5. The Balaban J connectivity index is 3.16. The molecule has 0 aromatic heterocycles. The molecule has 1 aromatic rings. The maximum absolute atomic E-state index is 8.67. The molecule has 0 aliphatic heterocycles. The van der Waals surface area contributed by atoms with E-state index in [-0.39, 0.29) is 5.92 Å². The van der Waals surface area contributed by atoms with Gasteiger partial charge >= 0.3 is 0 Å². The number of hydrogen-bond acceptors (Lipinski definition) is 1. The number of nitriles is 1. The van der Waals surface area contributed by atoms with Crippen LogP contribution in [0, 0.1) is 18.3 Å². The topological polar surface area (TPSA) is 23.8 Å². The number of benzene rings is 1. The second-order valence-electron chi connectivity index (χ2n) is 2.75. The predicted octanol–water partition coefficient (Wildman–Crippen LogP) is 3.15. The molecular formula is C10H9ClN. The molecule has 12 heavy (non-hydrogen) atoms. The SMILES string of the molecule is [CH2]C(C)c1ccc(Cl)c(C#N)c1. The van der Waals surface area contributed by atoms with Crippen LogP contribution in [0.1, 0.15) is 24.0 Å². The summed E-state index contributed by atoms with van der Waals surface area (Å²) in [5.74, 6) is 0.189. The standard InChI is InChI=1S/C10H9ClN/c1-7(2)8-3-4-10(11)9(5-8)6-12/h3-5,7H,1H2,2H3. The summed E-state index contributed by atoms with van der Waals surface area (Å²) in [6.07, 6.45) is 0. The summed E-state index contributed by atoms with van der Waals surface area (Å²) in [5, 5.41) is 9.17. The lowest BCUT2D eigenvalue weighted by Crippen LogP contribution is -1.88. The summed E-state index contributed by atoms with van der Waals surface area (Å²) < 4.78 is 0. The van der Waals surface area contributed by atoms with Crippen LogP contribution >= 0.6 is 11.6 Å². The van der Waals surface area contributed by atoms with Crippen LogP contribution in [0.4, 0.5) is 0 Å². The summed E-state index contributed by atoms with van der Waals surface area (Å²) in [6.45, 7) is 5.84. The molecule has 1 radical (unpaired) electrons. The lowest BCUT2D eigenvalue weighted by molar-refractivity contribution is 0.963. The summed E-state index contributed by atoms with van der Waals surface area (Å²) in [6, 6.07) is 7.43. The van der Waals surface area contributed by atoms with E-state index in [1.807, 2.05) is 19.1 Å². The van der Waals surface area contributed by atoms with Gasteiger partial charge in [0, 0.05) is 0 Å². The molecule has 0 aliphatic rings. The van der Waals surface area contributed by atoms with Gasteiger partial charge in [0.2, 0.25) is 0 Å². The van der Waals surface area contributed by atoms with Gasteiger partial charge in [0.15, 0.2) is 0 Å². The molecule has 0 spiro atoms. The normalized spacial score (nSPS) is 9.92. The second kappa shape index (κ2) is 3.60. The Morgan fingerprint density at radius 3 is 2.75 bits per heavy atom. The third-order valence-electron chi connectivity index (χ3n) is 1.68. The van der Waals surface area contributed by atoms with Gasteiger partial charge < -0.3 is 0 Å². The van der Waals surface area contributed by atoms with Crippen molar-refractivity contribution in [2.45, 2.75) is 12.8 Å². The number of hydrogen-bond donors (Lipinski definition) is 0. The Bertz CT molecular complexity index is 323. The second-order valence-corrected chi connectivity index (χ2v) is 3.16. The molecule has 0 saturated heterocycles. The fourth-order valence-electron chi connectivity index (χ4n) is 0.935. The zero-order chi connectivity index (χ0) is 9.14. The van der Waals surface area contributed by atoms with Gasteiger partial charge in [0.25, 0.3) is 0 Å². The first-order valence-corrected chi connectivity index (χ1v) is 4.05. The van der Waals surface area contributed by atoms with Gasteiger partial charge in [-0.2, -0.15) is 5.26 Å². The molecule has 0 amide bonds. The van der Waals surface area contributed by atoms with Crippen LogP contribution in [0.15, 0.2) is 18.2 Å². The van der Waals surface area contributed by atoms with Crippen molar-refractivity contribution in [3.63, 3.8) is 0 Å². The van der Waals surface area contributed by atoms with Crippen molar-refractivity contribution in [1.82, 2.24) is 0 Å². The van der Waals surface area contributed by atoms with Crippen LogP contribution < -0.4 is 0 Å². The zero-order valence-corrected chi connectivity index (χ0v) is 7.60. The highest BCUT2D eigenvalue weighted by molar-refractivity contribution is 6.31. The van der Waals surface area contributed by atoms with Gasteiger partial charge in [-0.1, -0.05) is 24.6 Å². The highest BCUT2D eigenvalue weighted by Crippen LogP contribution is 2.21. The smallest absolute Gasteiger partial charge is 0.101 e. The molecule has 1 unspecified atom stereocenters. The zero-order valence-electron chi connectivity index (χ0n) is 6.84. The minimum atomic E-state index is 0.189.